The number of Topliss-reactive ketones (excluding diaryl/α,β-unsaturated/α-hetero) is 1. The SMILES string of the molecule is CC(C)=CCC(=O)C1CC2CCCC(C1)S2=O. The van der Waals surface area contributed by atoms with Crippen LogP contribution in [-0.2, 0) is 15.6 Å². The Morgan fingerprint density at radius 2 is 1.82 bits per heavy atom. The lowest BCUT2D eigenvalue weighted by Crippen LogP contribution is -2.41. The summed E-state index contributed by atoms with van der Waals surface area (Å²) in [4.78, 5) is 12.1. The molecule has 0 spiro atoms. The molecule has 2 saturated heterocycles. The summed E-state index contributed by atoms with van der Waals surface area (Å²) in [6.45, 7) is 4.05. The molecule has 2 heterocycles. The van der Waals surface area contributed by atoms with Crippen molar-refractivity contribution in [2.75, 3.05) is 0 Å². The average Bonchev–Trinajstić information content (AvgIpc) is 2.25. The van der Waals surface area contributed by atoms with Gasteiger partial charge in [-0.05, 0) is 39.5 Å². The minimum absolute atomic E-state index is 0.179. The Morgan fingerprint density at radius 3 is 2.35 bits per heavy atom. The lowest BCUT2D eigenvalue weighted by molar-refractivity contribution is -0.122. The molecular formula is C14H22O2S. The smallest absolute Gasteiger partial charge is 0.139 e. The van der Waals surface area contributed by atoms with Crippen LogP contribution in [0.25, 0.3) is 0 Å². The molecule has 2 aliphatic heterocycles. The number of carbonyl (C=O) groups is 1. The van der Waals surface area contributed by atoms with E-state index in [1.165, 1.54) is 12.0 Å². The van der Waals surface area contributed by atoms with Gasteiger partial charge in [0.15, 0.2) is 0 Å². The molecule has 0 aromatic rings. The highest BCUT2D eigenvalue weighted by molar-refractivity contribution is 7.86. The first-order valence-corrected chi connectivity index (χ1v) is 7.91. The highest BCUT2D eigenvalue weighted by Gasteiger charge is 2.39. The first-order chi connectivity index (χ1) is 8.08. The Kier molecular flexibility index (Phi) is 4.18. The van der Waals surface area contributed by atoms with E-state index in [0.717, 1.165) is 25.7 Å². The third kappa shape index (κ3) is 3.06. The summed E-state index contributed by atoms with van der Waals surface area (Å²) in [6, 6.07) is 0. The Hall–Kier alpha value is -0.440. The molecule has 2 nitrogen and oxygen atoms in total. The van der Waals surface area contributed by atoms with Crippen LogP contribution in [0.1, 0.15) is 52.4 Å². The third-order valence-electron chi connectivity index (χ3n) is 3.97. The Morgan fingerprint density at radius 1 is 1.24 bits per heavy atom. The van der Waals surface area contributed by atoms with Gasteiger partial charge < -0.3 is 0 Å². The maximum atomic E-state index is 12.1. The normalized spacial score (nSPS) is 36.4. The molecule has 0 amide bonds. The summed E-state index contributed by atoms with van der Waals surface area (Å²) in [5, 5.41) is 0.617. The average molecular weight is 254 g/mol. The van der Waals surface area contributed by atoms with E-state index >= 15 is 0 Å². The van der Waals surface area contributed by atoms with E-state index in [2.05, 4.69) is 0 Å². The fourth-order valence-corrected chi connectivity index (χ4v) is 5.15. The van der Waals surface area contributed by atoms with E-state index in [1.807, 2.05) is 19.9 Å². The summed E-state index contributed by atoms with van der Waals surface area (Å²) in [6.07, 6.45) is 7.67. The topological polar surface area (TPSA) is 34.1 Å². The fourth-order valence-electron chi connectivity index (χ4n) is 2.97. The molecule has 2 bridgehead atoms. The summed E-state index contributed by atoms with van der Waals surface area (Å²) in [5.74, 6) is 0.540. The van der Waals surface area contributed by atoms with E-state index in [-0.39, 0.29) is 5.92 Å². The number of hydrogen-bond donors (Lipinski definition) is 0. The van der Waals surface area contributed by atoms with Crippen molar-refractivity contribution in [3.63, 3.8) is 0 Å². The van der Waals surface area contributed by atoms with Crippen LogP contribution in [0.5, 0.6) is 0 Å². The molecule has 2 rings (SSSR count). The van der Waals surface area contributed by atoms with Crippen LogP contribution < -0.4 is 0 Å². The van der Waals surface area contributed by atoms with Crippen molar-refractivity contribution in [2.24, 2.45) is 5.92 Å². The first kappa shape index (κ1) is 13.0. The van der Waals surface area contributed by atoms with Crippen LogP contribution >= 0.6 is 0 Å². The molecule has 2 aliphatic rings. The molecule has 0 aliphatic carbocycles. The van der Waals surface area contributed by atoms with Gasteiger partial charge in [-0.3, -0.25) is 9.00 Å². The lowest BCUT2D eigenvalue weighted by Gasteiger charge is -2.37. The number of allylic oxidation sites excluding steroid dienone is 2. The molecule has 0 N–H and O–H groups in total. The number of fused-ring (bicyclic) bond motifs is 2. The highest BCUT2D eigenvalue weighted by Crippen LogP contribution is 2.37. The number of carbonyl (C=O) groups excluding carboxylic acids is 1. The number of rotatable bonds is 3. The van der Waals surface area contributed by atoms with Crippen LogP contribution in [0, 0.1) is 5.92 Å². The second-order valence-electron chi connectivity index (χ2n) is 5.62. The molecule has 96 valence electrons. The molecule has 0 radical (unpaired) electrons. The predicted octanol–water partition coefficient (Wildman–Crippen LogP) is 2.99. The standard InChI is InChI=1S/C14H22O2S/c1-10(2)6-7-14(15)11-8-12-4-3-5-13(9-11)17(12)16/h6,11-13H,3-5,7-9H2,1-2H3. The predicted molar refractivity (Wildman–Crippen MR) is 71.3 cm³/mol. The fraction of sp³-hybridized carbons (Fsp3) is 0.786. The minimum atomic E-state index is -0.654. The van der Waals surface area contributed by atoms with Crippen molar-refractivity contribution in [1.29, 1.82) is 0 Å². The molecule has 0 aromatic carbocycles. The van der Waals surface area contributed by atoms with E-state index < -0.39 is 10.8 Å². The van der Waals surface area contributed by atoms with Crippen LogP contribution in [0.2, 0.25) is 0 Å². The van der Waals surface area contributed by atoms with E-state index in [9.17, 15) is 9.00 Å². The van der Waals surface area contributed by atoms with Crippen molar-refractivity contribution >= 4 is 16.6 Å². The van der Waals surface area contributed by atoms with Gasteiger partial charge >= 0.3 is 0 Å². The number of hydrogen-bond acceptors (Lipinski definition) is 2. The van der Waals surface area contributed by atoms with Gasteiger partial charge in [-0.2, -0.15) is 0 Å². The van der Waals surface area contributed by atoms with Gasteiger partial charge in [0.2, 0.25) is 0 Å². The zero-order valence-corrected chi connectivity index (χ0v) is 11.6. The summed E-state index contributed by atoms with van der Waals surface area (Å²) >= 11 is 0. The maximum absolute atomic E-state index is 12.1. The van der Waals surface area contributed by atoms with Crippen LogP contribution in [0.3, 0.4) is 0 Å². The van der Waals surface area contributed by atoms with E-state index in [1.54, 1.807) is 0 Å². The highest BCUT2D eigenvalue weighted by atomic mass is 32.2. The molecule has 0 saturated carbocycles. The molecule has 17 heavy (non-hydrogen) atoms. The third-order valence-corrected chi connectivity index (χ3v) is 6.14. The number of ketones is 1. The van der Waals surface area contributed by atoms with Gasteiger partial charge in [0.25, 0.3) is 0 Å². The monoisotopic (exact) mass is 254 g/mol. The van der Waals surface area contributed by atoms with Gasteiger partial charge in [0.1, 0.15) is 5.78 Å². The van der Waals surface area contributed by atoms with Gasteiger partial charge in [0.05, 0.1) is 0 Å². The van der Waals surface area contributed by atoms with E-state index in [4.69, 9.17) is 0 Å². The maximum Gasteiger partial charge on any atom is 0.139 e. The summed E-state index contributed by atoms with van der Waals surface area (Å²) < 4.78 is 12.0. The quantitative estimate of drug-likeness (QED) is 0.726. The van der Waals surface area contributed by atoms with E-state index in [0.29, 0.717) is 22.7 Å². The molecule has 2 fully saturated rings. The molecule has 2 unspecified atom stereocenters. The zero-order chi connectivity index (χ0) is 12.4. The molecule has 3 heteroatoms. The van der Waals surface area contributed by atoms with Gasteiger partial charge in [-0.25, -0.2) is 0 Å². The van der Waals surface area contributed by atoms with Crippen molar-refractivity contribution < 1.29 is 9.00 Å². The van der Waals surface area contributed by atoms with Crippen molar-refractivity contribution in [3.05, 3.63) is 11.6 Å². The Bertz CT molecular complexity index is 339. The van der Waals surface area contributed by atoms with Crippen molar-refractivity contribution in [1.82, 2.24) is 0 Å². The summed E-state index contributed by atoms with van der Waals surface area (Å²) in [7, 11) is -0.654. The van der Waals surface area contributed by atoms with Crippen molar-refractivity contribution in [2.45, 2.75) is 62.9 Å². The summed E-state index contributed by atoms with van der Waals surface area (Å²) in [5.41, 5.74) is 1.21. The lowest BCUT2D eigenvalue weighted by atomic mass is 9.85. The van der Waals surface area contributed by atoms with Crippen LogP contribution in [0.15, 0.2) is 11.6 Å². The van der Waals surface area contributed by atoms with Gasteiger partial charge in [-0.1, -0.05) is 18.1 Å². The largest absolute Gasteiger partial charge is 0.299 e. The molecule has 0 aromatic heterocycles. The van der Waals surface area contributed by atoms with Gasteiger partial charge in [0, 0.05) is 33.6 Å². The van der Waals surface area contributed by atoms with Crippen molar-refractivity contribution in [3.8, 4) is 0 Å². The second-order valence-corrected chi connectivity index (χ2v) is 7.61. The zero-order valence-electron chi connectivity index (χ0n) is 10.8. The molecule has 2 atom stereocenters. The van der Waals surface area contributed by atoms with Crippen LogP contribution in [0.4, 0.5) is 0 Å². The van der Waals surface area contributed by atoms with Crippen LogP contribution in [-0.4, -0.2) is 20.5 Å². The molecular weight excluding hydrogens is 232 g/mol. The first-order valence-electron chi connectivity index (χ1n) is 6.63. The minimum Gasteiger partial charge on any atom is -0.299 e. The second kappa shape index (κ2) is 5.47. The Balaban J connectivity index is 1.97. The van der Waals surface area contributed by atoms with Gasteiger partial charge in [-0.15, -0.1) is 0 Å². The Labute approximate surface area is 106 Å².